The molecule has 2 fully saturated rings. The van der Waals surface area contributed by atoms with E-state index in [0.717, 1.165) is 35.3 Å². The quantitative estimate of drug-likeness (QED) is 0.669. The third-order valence-electron chi connectivity index (χ3n) is 5.68. The van der Waals surface area contributed by atoms with Crippen molar-refractivity contribution in [2.75, 3.05) is 12.3 Å². The first-order chi connectivity index (χ1) is 14.1. The first kappa shape index (κ1) is 20.4. The number of carbonyl (C=O) groups excluding carboxylic acids is 1. The fraction of sp³-hybridized carbons (Fsp3) is 0.435. The number of carbonyl (C=O) groups is 1. The van der Waals surface area contributed by atoms with Gasteiger partial charge in [0.25, 0.3) is 0 Å². The van der Waals surface area contributed by atoms with Gasteiger partial charge in [0.2, 0.25) is 5.91 Å². The fourth-order valence-corrected chi connectivity index (χ4v) is 4.71. The highest BCUT2D eigenvalue weighted by Gasteiger charge is 2.47. The summed E-state index contributed by atoms with van der Waals surface area (Å²) in [5, 5.41) is 0. The van der Waals surface area contributed by atoms with Crippen molar-refractivity contribution in [2.24, 2.45) is 5.92 Å². The zero-order valence-electron chi connectivity index (χ0n) is 16.5. The number of nitrogens with zero attached hydrogens (tertiary/aromatic N) is 1. The second-order valence-electron chi connectivity index (χ2n) is 7.84. The van der Waals surface area contributed by atoms with E-state index in [0.29, 0.717) is 6.42 Å². The van der Waals surface area contributed by atoms with Crippen LogP contribution in [0, 0.1) is 11.7 Å². The van der Waals surface area contributed by atoms with Crippen molar-refractivity contribution in [1.29, 1.82) is 0 Å². The lowest BCUT2D eigenvalue weighted by atomic mass is 9.96. The lowest BCUT2D eigenvalue weighted by Gasteiger charge is -2.28. The smallest absolute Gasteiger partial charge is 0.226 e. The summed E-state index contributed by atoms with van der Waals surface area (Å²) in [6.07, 6.45) is 1.32. The highest BCUT2D eigenvalue weighted by atomic mass is 32.2. The van der Waals surface area contributed by atoms with Crippen molar-refractivity contribution in [2.45, 2.75) is 44.4 Å². The van der Waals surface area contributed by atoms with Crippen LogP contribution in [0.3, 0.4) is 0 Å². The van der Waals surface area contributed by atoms with Crippen LogP contribution in [0.25, 0.3) is 11.1 Å². The topological polar surface area (TPSA) is 32.3 Å². The molecule has 2 aromatic rings. The zero-order chi connectivity index (χ0) is 20.4. The number of rotatable bonds is 7. The average molecular weight is 417 g/mol. The number of hydrogen-bond acceptors (Lipinski definition) is 3. The van der Waals surface area contributed by atoms with E-state index < -0.39 is 6.17 Å². The normalized spacial score (nSPS) is 24.1. The number of amides is 1. The Morgan fingerprint density at radius 1 is 1.17 bits per heavy atom. The molecular formula is C23H26F2N2OS. The molecule has 1 aliphatic carbocycles. The summed E-state index contributed by atoms with van der Waals surface area (Å²) in [6.45, 7) is 2.18. The minimum absolute atomic E-state index is 0.0703. The van der Waals surface area contributed by atoms with Crippen LogP contribution in [0.2, 0.25) is 0 Å². The summed E-state index contributed by atoms with van der Waals surface area (Å²) in [7, 11) is 0. The molecule has 3 atom stereocenters. The van der Waals surface area contributed by atoms with E-state index in [9.17, 15) is 13.6 Å². The molecule has 1 saturated carbocycles. The number of benzene rings is 2. The number of hydrogen-bond donors (Lipinski definition) is 1. The maximum Gasteiger partial charge on any atom is 0.226 e. The molecule has 6 heteroatoms. The number of nitrogens with one attached hydrogen (secondary N) is 1. The van der Waals surface area contributed by atoms with Gasteiger partial charge in [0.05, 0.1) is 18.6 Å². The second kappa shape index (κ2) is 8.84. The molecule has 0 unspecified atom stereocenters. The molecule has 0 spiro atoms. The number of alkyl halides is 1. The van der Waals surface area contributed by atoms with Crippen molar-refractivity contribution in [3.05, 3.63) is 59.9 Å². The lowest BCUT2D eigenvalue weighted by molar-refractivity contribution is -0.133. The first-order valence-corrected chi connectivity index (χ1v) is 11.2. The van der Waals surface area contributed by atoms with Crippen LogP contribution in [0.15, 0.2) is 48.5 Å². The lowest BCUT2D eigenvalue weighted by Crippen LogP contribution is -2.46. The van der Waals surface area contributed by atoms with Gasteiger partial charge in [0.15, 0.2) is 0 Å². The van der Waals surface area contributed by atoms with Crippen LogP contribution in [-0.2, 0) is 11.2 Å². The number of halogens is 2. The van der Waals surface area contributed by atoms with Crippen molar-refractivity contribution in [3.63, 3.8) is 0 Å². The maximum absolute atomic E-state index is 14.8. The minimum atomic E-state index is -1.08. The van der Waals surface area contributed by atoms with Gasteiger partial charge in [-0.3, -0.25) is 9.52 Å². The monoisotopic (exact) mass is 416 g/mol. The van der Waals surface area contributed by atoms with Gasteiger partial charge in [-0.2, -0.15) is 0 Å². The summed E-state index contributed by atoms with van der Waals surface area (Å²) in [5.41, 5.74) is 2.75. The molecule has 1 amide bonds. The van der Waals surface area contributed by atoms with E-state index in [1.54, 1.807) is 11.0 Å². The van der Waals surface area contributed by atoms with Gasteiger partial charge >= 0.3 is 0 Å². The van der Waals surface area contributed by atoms with E-state index in [-0.39, 0.29) is 36.3 Å². The van der Waals surface area contributed by atoms with Gasteiger partial charge in [-0.1, -0.05) is 55.3 Å². The van der Waals surface area contributed by atoms with Crippen LogP contribution >= 0.6 is 11.9 Å². The highest BCUT2D eigenvalue weighted by molar-refractivity contribution is 7.97. The molecule has 2 aliphatic rings. The van der Waals surface area contributed by atoms with Crippen molar-refractivity contribution < 1.29 is 13.6 Å². The van der Waals surface area contributed by atoms with Gasteiger partial charge < -0.3 is 4.90 Å². The van der Waals surface area contributed by atoms with Crippen LogP contribution in [0.4, 0.5) is 8.78 Å². The molecule has 0 aromatic heterocycles. The predicted octanol–water partition coefficient (Wildman–Crippen LogP) is 4.62. The molecule has 0 bridgehead atoms. The van der Waals surface area contributed by atoms with E-state index >= 15 is 0 Å². The summed E-state index contributed by atoms with van der Waals surface area (Å²) in [6, 6.07) is 13.8. The van der Waals surface area contributed by atoms with Crippen LogP contribution in [-0.4, -0.2) is 41.4 Å². The summed E-state index contributed by atoms with van der Waals surface area (Å²) in [5.74, 6) is 0.721. The molecule has 1 N–H and O–H groups in total. The van der Waals surface area contributed by atoms with E-state index in [2.05, 4.69) is 4.72 Å². The molecule has 2 aromatic carbocycles. The van der Waals surface area contributed by atoms with Gasteiger partial charge in [-0.05, 0) is 48.1 Å². The molecule has 1 heterocycles. The second-order valence-corrected chi connectivity index (χ2v) is 8.94. The van der Waals surface area contributed by atoms with Gasteiger partial charge in [-0.15, -0.1) is 0 Å². The molecule has 1 aliphatic heterocycles. The highest BCUT2D eigenvalue weighted by Crippen LogP contribution is 2.36. The standard InChI is InChI=1S/C23H26F2N2OS/c1-2-29-26-22-20(25)14-27(23(28)16-9-10-16)21(22)12-15-5-3-6-17(11-15)18-7-4-8-19(24)13-18/h3-8,11,13,16,20-22,26H,2,9-10,12,14H2,1H3/t20-,21-,22-/m0/s1. The Hall–Kier alpha value is -1.92. The molecule has 0 radical (unpaired) electrons. The predicted molar refractivity (Wildman–Crippen MR) is 114 cm³/mol. The van der Waals surface area contributed by atoms with E-state index in [1.807, 2.05) is 37.3 Å². The molecular weight excluding hydrogens is 390 g/mol. The summed E-state index contributed by atoms with van der Waals surface area (Å²) in [4.78, 5) is 14.5. The van der Waals surface area contributed by atoms with E-state index in [1.165, 1.54) is 24.1 Å². The van der Waals surface area contributed by atoms with Crippen LogP contribution < -0.4 is 4.72 Å². The van der Waals surface area contributed by atoms with Crippen molar-refractivity contribution >= 4 is 17.9 Å². The van der Waals surface area contributed by atoms with Gasteiger partial charge in [-0.25, -0.2) is 8.78 Å². The third kappa shape index (κ3) is 4.64. The Morgan fingerprint density at radius 2 is 1.90 bits per heavy atom. The molecule has 3 nitrogen and oxygen atoms in total. The summed E-state index contributed by atoms with van der Waals surface area (Å²) >= 11 is 1.49. The fourth-order valence-electron chi connectivity index (χ4n) is 4.05. The number of likely N-dealkylation sites (tertiary alicyclic amines) is 1. The largest absolute Gasteiger partial charge is 0.334 e. The van der Waals surface area contributed by atoms with E-state index in [4.69, 9.17) is 0 Å². The Bertz CT molecular complexity index is 873. The molecule has 1 saturated heterocycles. The Labute approximate surface area is 175 Å². The maximum atomic E-state index is 14.8. The first-order valence-electron chi connectivity index (χ1n) is 10.2. The Kier molecular flexibility index (Phi) is 6.20. The Balaban J connectivity index is 1.58. The molecule has 4 rings (SSSR count). The molecule has 154 valence electrons. The average Bonchev–Trinajstić information content (AvgIpc) is 3.52. The Morgan fingerprint density at radius 3 is 2.59 bits per heavy atom. The van der Waals surface area contributed by atoms with Gasteiger partial charge in [0, 0.05) is 11.7 Å². The van der Waals surface area contributed by atoms with Gasteiger partial charge in [0.1, 0.15) is 12.0 Å². The molecule has 29 heavy (non-hydrogen) atoms. The van der Waals surface area contributed by atoms with Crippen LogP contribution in [0.1, 0.15) is 25.3 Å². The third-order valence-corrected chi connectivity index (χ3v) is 6.41. The van der Waals surface area contributed by atoms with Crippen molar-refractivity contribution in [3.8, 4) is 11.1 Å². The van der Waals surface area contributed by atoms with Crippen LogP contribution in [0.5, 0.6) is 0 Å². The van der Waals surface area contributed by atoms with Crippen molar-refractivity contribution in [1.82, 2.24) is 9.62 Å². The zero-order valence-corrected chi connectivity index (χ0v) is 17.3. The summed E-state index contributed by atoms with van der Waals surface area (Å²) < 4.78 is 31.7. The SMILES string of the molecule is CCSN[C@H]1[C@@H](F)CN(C(=O)C2CC2)[C@H]1Cc1cccc(-c2cccc(F)c2)c1. The minimum Gasteiger partial charge on any atom is -0.334 e.